The predicted octanol–water partition coefficient (Wildman–Crippen LogP) is 4.70. The molecule has 4 fully saturated rings. The van der Waals surface area contributed by atoms with Gasteiger partial charge in [0, 0.05) is 38.7 Å². The molecule has 0 radical (unpaired) electrons. The van der Waals surface area contributed by atoms with Gasteiger partial charge in [-0.05, 0) is 88.8 Å². The van der Waals surface area contributed by atoms with E-state index >= 15 is 0 Å². The highest BCUT2D eigenvalue weighted by atomic mass is 16.7. The van der Waals surface area contributed by atoms with Crippen LogP contribution < -0.4 is 15.5 Å². The third-order valence-electron chi connectivity index (χ3n) is 10.8. The molecule has 0 aromatic heterocycles. The molecule has 16 heteroatoms. The number of carbonyl (C=O) groups is 6. The fourth-order valence-corrected chi connectivity index (χ4v) is 7.34. The molecule has 4 heterocycles. The number of esters is 1. The minimum absolute atomic E-state index is 0.000272. The van der Waals surface area contributed by atoms with Crippen molar-refractivity contribution in [2.75, 3.05) is 13.2 Å². The molecule has 4 aliphatic rings. The van der Waals surface area contributed by atoms with Gasteiger partial charge in [-0.3, -0.25) is 24.0 Å². The van der Waals surface area contributed by atoms with Gasteiger partial charge in [0.05, 0.1) is 67.8 Å². The summed E-state index contributed by atoms with van der Waals surface area (Å²) in [6.07, 6.45) is 11.3. The summed E-state index contributed by atoms with van der Waals surface area (Å²) >= 11 is 0. The molecule has 0 bridgehead atoms. The lowest BCUT2D eigenvalue weighted by Crippen LogP contribution is -2.50. The van der Waals surface area contributed by atoms with Crippen molar-refractivity contribution in [3.05, 3.63) is 65.8 Å². The fourth-order valence-electron chi connectivity index (χ4n) is 7.34. The average molecular weight is 835 g/mol. The Balaban J connectivity index is 1.01. The number of benzene rings is 1. The number of allylic oxidation sites excluding steroid dienone is 2. The molecule has 4 amide bonds. The van der Waals surface area contributed by atoms with E-state index in [0.29, 0.717) is 42.4 Å². The fraction of sp³-hybridized carbons (Fsp3) is 0.568. The van der Waals surface area contributed by atoms with Crippen LogP contribution in [-0.4, -0.2) is 102 Å². The normalized spacial score (nSPS) is 27.6. The van der Waals surface area contributed by atoms with Crippen LogP contribution in [0.5, 0.6) is 5.75 Å². The Bertz CT molecular complexity index is 1840. The van der Waals surface area contributed by atoms with E-state index in [0.717, 1.165) is 24.0 Å². The van der Waals surface area contributed by atoms with E-state index < -0.39 is 29.9 Å². The Labute approximate surface area is 351 Å². The maximum absolute atomic E-state index is 13.0. The van der Waals surface area contributed by atoms with Crippen LogP contribution in [0.25, 0.3) is 0 Å². The van der Waals surface area contributed by atoms with Crippen molar-refractivity contribution < 1.29 is 57.3 Å². The second-order valence-electron chi connectivity index (χ2n) is 16.1. The number of rotatable bonds is 18. The number of hydrazone groups is 1. The molecule has 8 atom stereocenters. The third kappa shape index (κ3) is 14.2. The van der Waals surface area contributed by atoms with Crippen LogP contribution in [0.3, 0.4) is 0 Å². The van der Waals surface area contributed by atoms with Crippen molar-refractivity contribution in [2.24, 2.45) is 11.0 Å². The van der Waals surface area contributed by atoms with Gasteiger partial charge >= 0.3 is 11.9 Å². The number of ether oxygens (including phenoxy) is 5. The SMILES string of the molecule is CC(=O)O[C@@H](C)C=CC(=O)N[C@@H]1C[C@H](C)[C@H](CC=C(C)C=C[C@@H]2C[C@@]3(CO3)C[C@@H](CC(=O)NN=C(C)c3ccc(OCCCC(=O)ON4C(=O)CCC4=O)cc3)O2)O[C@@H]1C. The Morgan fingerprint density at radius 1 is 1.02 bits per heavy atom. The lowest BCUT2D eigenvalue weighted by molar-refractivity contribution is -0.197. The van der Waals surface area contributed by atoms with Gasteiger partial charge in [-0.1, -0.05) is 30.7 Å². The number of imide groups is 1. The average Bonchev–Trinajstić information content (AvgIpc) is 3.87. The molecule has 326 valence electrons. The van der Waals surface area contributed by atoms with E-state index in [1.165, 1.54) is 13.0 Å². The Kier molecular flexibility index (Phi) is 16.3. The van der Waals surface area contributed by atoms with E-state index in [4.69, 9.17) is 28.5 Å². The maximum atomic E-state index is 13.0. The monoisotopic (exact) mass is 834 g/mol. The van der Waals surface area contributed by atoms with Crippen molar-refractivity contribution in [3.63, 3.8) is 0 Å². The molecule has 2 N–H and O–H groups in total. The molecule has 5 rings (SSSR count). The minimum atomic E-state index is -0.675. The largest absolute Gasteiger partial charge is 0.494 e. The quantitative estimate of drug-likeness (QED) is 0.0303. The molecular formula is C44H58N4O12. The van der Waals surface area contributed by atoms with Gasteiger partial charge in [0.2, 0.25) is 11.8 Å². The zero-order valence-electron chi connectivity index (χ0n) is 35.3. The number of nitrogens with one attached hydrogen (secondary N) is 2. The van der Waals surface area contributed by atoms with Crippen molar-refractivity contribution in [1.82, 2.24) is 15.8 Å². The van der Waals surface area contributed by atoms with Gasteiger partial charge in [-0.15, -0.1) is 5.06 Å². The Morgan fingerprint density at radius 3 is 2.42 bits per heavy atom. The molecule has 1 aromatic rings. The summed E-state index contributed by atoms with van der Waals surface area (Å²) in [5.74, 6) is -1.84. The second-order valence-corrected chi connectivity index (χ2v) is 16.1. The first-order valence-corrected chi connectivity index (χ1v) is 20.7. The summed E-state index contributed by atoms with van der Waals surface area (Å²) in [5.41, 5.74) is 4.82. The molecular weight excluding hydrogens is 777 g/mol. The van der Waals surface area contributed by atoms with Gasteiger partial charge in [0.1, 0.15) is 11.9 Å². The molecule has 60 heavy (non-hydrogen) atoms. The summed E-state index contributed by atoms with van der Waals surface area (Å²) in [6.45, 7) is 11.8. The second kappa shape index (κ2) is 21.4. The van der Waals surface area contributed by atoms with Crippen LogP contribution in [0.1, 0.15) is 105 Å². The summed E-state index contributed by atoms with van der Waals surface area (Å²) in [4.78, 5) is 76.6. The van der Waals surface area contributed by atoms with E-state index in [1.54, 1.807) is 32.1 Å². The predicted molar refractivity (Wildman–Crippen MR) is 218 cm³/mol. The van der Waals surface area contributed by atoms with Crippen LogP contribution >= 0.6 is 0 Å². The van der Waals surface area contributed by atoms with Crippen molar-refractivity contribution in [3.8, 4) is 5.75 Å². The van der Waals surface area contributed by atoms with Crippen molar-refractivity contribution >= 4 is 41.3 Å². The lowest BCUT2D eigenvalue weighted by Gasteiger charge is -2.39. The number of nitrogens with zero attached hydrogens (tertiary/aromatic N) is 2. The standard InChI is InChI=1S/C44H58N4O12/c1-27(10-17-38-28(2)22-37(31(5)58-38)45-39(50)18-11-29(3)57-32(6)49)9-14-35-24-44(26-56-44)25-36(59-35)23-40(51)47-46-30(4)33-12-15-34(16-13-33)55-21-7-8-43(54)60-48-41(52)19-20-42(48)53/h9-16,18,28-29,31,35-38H,7-8,17,19-26H2,1-6H3,(H,45,50)(H,47,51)/t28-,29-,31+,35+,36+,37+,38-,44-/m0/s1. The smallest absolute Gasteiger partial charge is 0.333 e. The molecule has 0 saturated carbocycles. The highest BCUT2D eigenvalue weighted by Gasteiger charge is 2.51. The topological polar surface area (TPSA) is 201 Å². The van der Waals surface area contributed by atoms with Gasteiger partial charge in [0.25, 0.3) is 11.8 Å². The first-order chi connectivity index (χ1) is 28.6. The van der Waals surface area contributed by atoms with Gasteiger partial charge in [-0.2, -0.15) is 5.10 Å². The van der Waals surface area contributed by atoms with E-state index in [2.05, 4.69) is 28.8 Å². The zero-order chi connectivity index (χ0) is 43.4. The molecule has 4 aliphatic heterocycles. The highest BCUT2D eigenvalue weighted by Crippen LogP contribution is 2.43. The van der Waals surface area contributed by atoms with Gasteiger partial charge in [0.15, 0.2) is 0 Å². The summed E-state index contributed by atoms with van der Waals surface area (Å²) in [5, 5.41) is 7.84. The first kappa shape index (κ1) is 45.9. The first-order valence-electron chi connectivity index (χ1n) is 20.7. The number of hydrogen-bond donors (Lipinski definition) is 2. The molecule has 1 aromatic carbocycles. The van der Waals surface area contributed by atoms with Crippen LogP contribution in [0.15, 0.2) is 65.3 Å². The zero-order valence-corrected chi connectivity index (χ0v) is 35.3. The number of epoxide rings is 1. The molecule has 1 spiro atoms. The molecule has 0 unspecified atom stereocenters. The van der Waals surface area contributed by atoms with Crippen LogP contribution in [-0.2, 0) is 52.6 Å². The lowest BCUT2D eigenvalue weighted by atomic mass is 9.88. The highest BCUT2D eigenvalue weighted by molar-refractivity contribution is 6.01. The summed E-state index contributed by atoms with van der Waals surface area (Å²) in [6, 6.07) is 7.00. The summed E-state index contributed by atoms with van der Waals surface area (Å²) < 4.78 is 29.2. The Hall–Kier alpha value is -5.19. The minimum Gasteiger partial charge on any atom is -0.494 e. The van der Waals surface area contributed by atoms with Crippen LogP contribution in [0.4, 0.5) is 0 Å². The summed E-state index contributed by atoms with van der Waals surface area (Å²) in [7, 11) is 0. The van der Waals surface area contributed by atoms with Gasteiger partial charge < -0.3 is 33.8 Å². The molecule has 0 aliphatic carbocycles. The Morgan fingerprint density at radius 2 is 1.73 bits per heavy atom. The van der Waals surface area contributed by atoms with Gasteiger partial charge in [-0.25, -0.2) is 10.2 Å². The molecule has 16 nitrogen and oxygen atoms in total. The van der Waals surface area contributed by atoms with Crippen molar-refractivity contribution in [1.29, 1.82) is 0 Å². The van der Waals surface area contributed by atoms with Crippen LogP contribution in [0, 0.1) is 5.92 Å². The van der Waals surface area contributed by atoms with E-state index in [-0.39, 0.29) is 86.1 Å². The number of amides is 4. The van der Waals surface area contributed by atoms with E-state index in [9.17, 15) is 28.8 Å². The van der Waals surface area contributed by atoms with Crippen LogP contribution in [0.2, 0.25) is 0 Å². The number of hydroxylamine groups is 2. The molecule has 4 saturated heterocycles. The van der Waals surface area contributed by atoms with Crippen molar-refractivity contribution in [2.45, 2.75) is 141 Å². The van der Waals surface area contributed by atoms with E-state index in [1.807, 2.05) is 38.1 Å². The third-order valence-corrected chi connectivity index (χ3v) is 10.8. The number of hydrogen-bond acceptors (Lipinski definition) is 13. The number of carbonyl (C=O) groups excluding carboxylic acids is 6. The maximum Gasteiger partial charge on any atom is 0.333 e.